The minimum Gasteiger partial charge on any atom is -0.494 e. The molecule has 0 radical (unpaired) electrons. The van der Waals surface area contributed by atoms with E-state index >= 15 is 0 Å². The van der Waals surface area contributed by atoms with Gasteiger partial charge in [0.15, 0.2) is 0 Å². The Balaban J connectivity index is 1.41. The van der Waals surface area contributed by atoms with Gasteiger partial charge in [-0.2, -0.15) is 0 Å². The SMILES string of the molecule is CCOc1ccc(N2CC(C(=O)Nc3ccc4c(c3)CCC4)CC2=O)cc1. The van der Waals surface area contributed by atoms with Crippen LogP contribution in [0.15, 0.2) is 42.5 Å². The highest BCUT2D eigenvalue weighted by atomic mass is 16.5. The van der Waals surface area contributed by atoms with E-state index in [1.165, 1.54) is 17.5 Å². The summed E-state index contributed by atoms with van der Waals surface area (Å²) in [6, 6.07) is 13.6. The summed E-state index contributed by atoms with van der Waals surface area (Å²) in [5.74, 6) is 0.333. The number of nitrogens with one attached hydrogen (secondary N) is 1. The molecule has 2 aromatic carbocycles. The summed E-state index contributed by atoms with van der Waals surface area (Å²) in [5.41, 5.74) is 4.33. The van der Waals surface area contributed by atoms with E-state index < -0.39 is 0 Å². The molecular formula is C22H24N2O3. The number of hydrogen-bond donors (Lipinski definition) is 1. The van der Waals surface area contributed by atoms with Gasteiger partial charge in [0.05, 0.1) is 12.5 Å². The molecule has 1 fully saturated rings. The largest absolute Gasteiger partial charge is 0.494 e. The van der Waals surface area contributed by atoms with Crippen molar-refractivity contribution in [3.05, 3.63) is 53.6 Å². The number of hydrogen-bond acceptors (Lipinski definition) is 3. The summed E-state index contributed by atoms with van der Waals surface area (Å²) in [6.07, 6.45) is 3.62. The topological polar surface area (TPSA) is 58.6 Å². The summed E-state index contributed by atoms with van der Waals surface area (Å²) < 4.78 is 5.44. The molecule has 1 N–H and O–H groups in total. The number of fused-ring (bicyclic) bond motifs is 1. The lowest BCUT2D eigenvalue weighted by molar-refractivity contribution is -0.122. The third kappa shape index (κ3) is 3.68. The van der Waals surface area contributed by atoms with Crippen molar-refractivity contribution in [3.63, 3.8) is 0 Å². The molecule has 0 aromatic heterocycles. The number of aryl methyl sites for hydroxylation is 2. The van der Waals surface area contributed by atoms with E-state index in [9.17, 15) is 9.59 Å². The van der Waals surface area contributed by atoms with E-state index in [4.69, 9.17) is 4.74 Å². The first-order chi connectivity index (χ1) is 13.1. The van der Waals surface area contributed by atoms with Gasteiger partial charge < -0.3 is 15.0 Å². The fourth-order valence-corrected chi connectivity index (χ4v) is 3.92. The lowest BCUT2D eigenvalue weighted by Gasteiger charge is -2.17. The molecule has 27 heavy (non-hydrogen) atoms. The van der Waals surface area contributed by atoms with Gasteiger partial charge in [-0.15, -0.1) is 0 Å². The summed E-state index contributed by atoms with van der Waals surface area (Å²) in [7, 11) is 0. The number of nitrogens with zero attached hydrogens (tertiary/aromatic N) is 1. The molecule has 1 saturated heterocycles. The number of amides is 2. The zero-order chi connectivity index (χ0) is 18.8. The average molecular weight is 364 g/mol. The second kappa shape index (κ2) is 7.43. The normalized spacial score (nSPS) is 18.5. The molecule has 1 unspecified atom stereocenters. The number of anilines is 2. The molecule has 140 valence electrons. The third-order valence-electron chi connectivity index (χ3n) is 5.32. The maximum absolute atomic E-state index is 12.7. The van der Waals surface area contributed by atoms with Crippen molar-refractivity contribution in [2.24, 2.45) is 5.92 Å². The number of benzene rings is 2. The molecular weight excluding hydrogens is 340 g/mol. The maximum atomic E-state index is 12.7. The van der Waals surface area contributed by atoms with Crippen molar-refractivity contribution in [2.45, 2.75) is 32.6 Å². The van der Waals surface area contributed by atoms with E-state index in [0.29, 0.717) is 13.2 Å². The van der Waals surface area contributed by atoms with Crippen molar-refractivity contribution in [1.82, 2.24) is 0 Å². The second-order valence-electron chi connectivity index (χ2n) is 7.16. The molecule has 0 saturated carbocycles. The molecule has 0 bridgehead atoms. The monoisotopic (exact) mass is 364 g/mol. The highest BCUT2D eigenvalue weighted by Gasteiger charge is 2.35. The number of ether oxygens (including phenoxy) is 1. The molecule has 0 spiro atoms. The Morgan fingerprint density at radius 3 is 2.70 bits per heavy atom. The quantitative estimate of drug-likeness (QED) is 0.882. The van der Waals surface area contributed by atoms with Crippen LogP contribution < -0.4 is 15.0 Å². The zero-order valence-corrected chi connectivity index (χ0v) is 15.5. The second-order valence-corrected chi connectivity index (χ2v) is 7.16. The molecule has 2 aromatic rings. The minimum atomic E-state index is -0.336. The van der Waals surface area contributed by atoms with Crippen LogP contribution in [0.5, 0.6) is 5.75 Å². The molecule has 1 heterocycles. The van der Waals surface area contributed by atoms with Crippen LogP contribution in [-0.4, -0.2) is 25.0 Å². The van der Waals surface area contributed by atoms with Crippen LogP contribution in [0.3, 0.4) is 0 Å². The van der Waals surface area contributed by atoms with Crippen LogP contribution in [0.1, 0.15) is 30.9 Å². The molecule has 2 amide bonds. The van der Waals surface area contributed by atoms with Crippen molar-refractivity contribution in [1.29, 1.82) is 0 Å². The number of carbonyl (C=O) groups excluding carboxylic acids is 2. The van der Waals surface area contributed by atoms with E-state index in [0.717, 1.165) is 30.0 Å². The van der Waals surface area contributed by atoms with Crippen molar-refractivity contribution in [3.8, 4) is 5.75 Å². The maximum Gasteiger partial charge on any atom is 0.229 e. The molecule has 1 aliphatic carbocycles. The van der Waals surface area contributed by atoms with Crippen LogP contribution in [-0.2, 0) is 22.4 Å². The highest BCUT2D eigenvalue weighted by molar-refractivity contribution is 6.03. The smallest absolute Gasteiger partial charge is 0.229 e. The Morgan fingerprint density at radius 1 is 1.15 bits per heavy atom. The Labute approximate surface area is 159 Å². The first-order valence-electron chi connectivity index (χ1n) is 9.60. The van der Waals surface area contributed by atoms with E-state index in [2.05, 4.69) is 17.4 Å². The molecule has 4 rings (SSSR count). The first-order valence-corrected chi connectivity index (χ1v) is 9.60. The molecule has 5 heteroatoms. The minimum absolute atomic E-state index is 0.0201. The van der Waals surface area contributed by atoms with Crippen molar-refractivity contribution >= 4 is 23.2 Å². The Hall–Kier alpha value is -2.82. The van der Waals surface area contributed by atoms with Gasteiger partial charge in [0, 0.05) is 24.3 Å². The summed E-state index contributed by atoms with van der Waals surface area (Å²) in [5, 5.41) is 2.99. The summed E-state index contributed by atoms with van der Waals surface area (Å²) in [6.45, 7) is 2.94. The average Bonchev–Trinajstić information content (AvgIpc) is 3.29. The van der Waals surface area contributed by atoms with Gasteiger partial charge in [-0.1, -0.05) is 6.07 Å². The van der Waals surface area contributed by atoms with Gasteiger partial charge in [0.2, 0.25) is 11.8 Å². The Bertz CT molecular complexity index is 860. The number of carbonyl (C=O) groups is 2. The molecule has 5 nitrogen and oxygen atoms in total. The zero-order valence-electron chi connectivity index (χ0n) is 15.5. The number of rotatable bonds is 5. The predicted octanol–water partition coefficient (Wildman–Crippen LogP) is 3.57. The Kier molecular flexibility index (Phi) is 4.84. The standard InChI is InChI=1S/C22H24N2O3/c1-2-27-20-10-8-19(9-11-20)24-14-17(13-21(24)25)22(26)23-18-7-6-15-4-3-5-16(15)12-18/h6-12,17H,2-5,13-14H2,1H3,(H,23,26). The fraction of sp³-hybridized carbons (Fsp3) is 0.364. The highest BCUT2D eigenvalue weighted by Crippen LogP contribution is 2.29. The van der Waals surface area contributed by atoms with Crippen molar-refractivity contribution in [2.75, 3.05) is 23.4 Å². The lowest BCUT2D eigenvalue weighted by atomic mass is 10.1. The lowest BCUT2D eigenvalue weighted by Crippen LogP contribution is -2.28. The van der Waals surface area contributed by atoms with Gasteiger partial charge in [-0.3, -0.25) is 9.59 Å². The van der Waals surface area contributed by atoms with E-state index in [1.54, 1.807) is 4.90 Å². The third-order valence-corrected chi connectivity index (χ3v) is 5.32. The predicted molar refractivity (Wildman–Crippen MR) is 105 cm³/mol. The summed E-state index contributed by atoms with van der Waals surface area (Å²) in [4.78, 5) is 26.8. The van der Waals surface area contributed by atoms with Gasteiger partial charge in [-0.25, -0.2) is 0 Å². The Morgan fingerprint density at radius 2 is 1.93 bits per heavy atom. The van der Waals surface area contributed by atoms with Crippen molar-refractivity contribution < 1.29 is 14.3 Å². The van der Waals surface area contributed by atoms with Crippen LogP contribution in [0.4, 0.5) is 11.4 Å². The van der Waals surface area contributed by atoms with Crippen LogP contribution in [0, 0.1) is 5.92 Å². The van der Waals surface area contributed by atoms with Crippen LogP contribution >= 0.6 is 0 Å². The molecule has 2 aliphatic rings. The van der Waals surface area contributed by atoms with Gasteiger partial charge in [0.25, 0.3) is 0 Å². The van der Waals surface area contributed by atoms with Crippen LogP contribution in [0.2, 0.25) is 0 Å². The van der Waals surface area contributed by atoms with Crippen LogP contribution in [0.25, 0.3) is 0 Å². The van der Waals surface area contributed by atoms with Gasteiger partial charge in [-0.05, 0) is 73.7 Å². The fourth-order valence-electron chi connectivity index (χ4n) is 3.92. The molecule has 1 atom stereocenters. The van der Waals surface area contributed by atoms with Gasteiger partial charge in [0.1, 0.15) is 5.75 Å². The molecule has 1 aliphatic heterocycles. The first kappa shape index (κ1) is 17.6. The van der Waals surface area contributed by atoms with E-state index in [-0.39, 0.29) is 24.2 Å². The van der Waals surface area contributed by atoms with Gasteiger partial charge >= 0.3 is 0 Å². The van der Waals surface area contributed by atoms with E-state index in [1.807, 2.05) is 37.3 Å². The summed E-state index contributed by atoms with van der Waals surface area (Å²) >= 11 is 0.